The third-order valence-corrected chi connectivity index (χ3v) is 13.8. The van der Waals surface area contributed by atoms with E-state index in [0.29, 0.717) is 19.3 Å². The highest BCUT2D eigenvalue weighted by Gasteiger charge is 2.19. The highest BCUT2D eigenvalue weighted by molar-refractivity contribution is 5.71. The molecule has 0 aliphatic carbocycles. The van der Waals surface area contributed by atoms with E-state index in [1.165, 1.54) is 186 Å². The Morgan fingerprint density at radius 1 is 0.267 bits per heavy atom. The lowest BCUT2D eigenvalue weighted by Gasteiger charge is -2.18. The standard InChI is InChI=1S/C69H120O6/c1-4-7-10-13-16-19-22-25-28-31-34-37-40-43-46-49-52-55-58-61-67(70)73-64-66(75-69(72)63-60-57-54-51-48-45-42-39-36-33-30-27-24-21-18-15-12-9-6-3)65-74-68(71)62-59-56-53-50-47-44-41-38-35-32-29-26-23-20-17-14-11-8-5-2/h16-21,25-30,34,37,66H,4-15,22-24,31-33,35-36,38-65H2,1-3H3/b19-16-,20-17-,21-18-,28-25-,29-26-,30-27-,37-34-/t66-/m1/s1. The van der Waals surface area contributed by atoms with Gasteiger partial charge in [0.2, 0.25) is 0 Å². The lowest BCUT2D eigenvalue weighted by Crippen LogP contribution is -2.30. The first kappa shape index (κ1) is 71.6. The fourth-order valence-corrected chi connectivity index (χ4v) is 8.98. The van der Waals surface area contributed by atoms with Crippen LogP contribution < -0.4 is 0 Å². The summed E-state index contributed by atoms with van der Waals surface area (Å²) in [5, 5.41) is 0. The molecule has 432 valence electrons. The lowest BCUT2D eigenvalue weighted by atomic mass is 10.1. The van der Waals surface area contributed by atoms with Crippen LogP contribution in [0.5, 0.6) is 0 Å². The van der Waals surface area contributed by atoms with Crippen molar-refractivity contribution in [3.05, 3.63) is 85.1 Å². The van der Waals surface area contributed by atoms with Crippen LogP contribution in [0.3, 0.4) is 0 Å². The van der Waals surface area contributed by atoms with Gasteiger partial charge < -0.3 is 14.2 Å². The van der Waals surface area contributed by atoms with Gasteiger partial charge in [-0.15, -0.1) is 0 Å². The minimum atomic E-state index is -0.788. The number of carbonyl (C=O) groups excluding carboxylic acids is 3. The van der Waals surface area contributed by atoms with E-state index >= 15 is 0 Å². The number of unbranched alkanes of at least 4 members (excludes halogenated alkanes) is 33. The van der Waals surface area contributed by atoms with Crippen molar-refractivity contribution in [2.24, 2.45) is 0 Å². The highest BCUT2D eigenvalue weighted by Crippen LogP contribution is 2.16. The van der Waals surface area contributed by atoms with Gasteiger partial charge in [0.15, 0.2) is 6.10 Å². The first-order chi connectivity index (χ1) is 37.0. The monoisotopic (exact) mass is 1040 g/mol. The van der Waals surface area contributed by atoms with Crippen LogP contribution in [0.2, 0.25) is 0 Å². The second kappa shape index (κ2) is 63.1. The fourth-order valence-electron chi connectivity index (χ4n) is 8.98. The molecule has 1 atom stereocenters. The Morgan fingerprint density at radius 3 is 0.747 bits per heavy atom. The van der Waals surface area contributed by atoms with Crippen molar-refractivity contribution in [2.75, 3.05) is 13.2 Å². The van der Waals surface area contributed by atoms with Crippen molar-refractivity contribution in [3.8, 4) is 0 Å². The van der Waals surface area contributed by atoms with Gasteiger partial charge in [0.25, 0.3) is 0 Å². The largest absolute Gasteiger partial charge is 0.462 e. The molecule has 6 nitrogen and oxygen atoms in total. The number of ether oxygens (including phenoxy) is 3. The summed E-state index contributed by atoms with van der Waals surface area (Å²) in [6.45, 7) is 6.58. The molecule has 0 aliphatic rings. The minimum absolute atomic E-state index is 0.0839. The van der Waals surface area contributed by atoms with Crippen LogP contribution in [-0.2, 0) is 28.6 Å². The van der Waals surface area contributed by atoms with E-state index in [4.69, 9.17) is 14.2 Å². The molecule has 0 N–H and O–H groups in total. The molecule has 0 unspecified atom stereocenters. The molecule has 0 saturated carbocycles. The molecular weight excluding hydrogens is 925 g/mol. The zero-order valence-electron chi connectivity index (χ0n) is 49.6. The molecule has 0 bridgehead atoms. The topological polar surface area (TPSA) is 78.9 Å². The predicted octanol–water partition coefficient (Wildman–Crippen LogP) is 21.9. The van der Waals surface area contributed by atoms with Gasteiger partial charge >= 0.3 is 17.9 Å². The Hall–Kier alpha value is -3.41. The second-order valence-corrected chi connectivity index (χ2v) is 21.3. The van der Waals surface area contributed by atoms with Crippen molar-refractivity contribution in [1.29, 1.82) is 0 Å². The first-order valence-electron chi connectivity index (χ1n) is 32.1. The number of esters is 3. The Bertz CT molecular complexity index is 1430. The van der Waals surface area contributed by atoms with Crippen LogP contribution in [-0.4, -0.2) is 37.2 Å². The first-order valence-corrected chi connectivity index (χ1v) is 32.1. The van der Waals surface area contributed by atoms with E-state index < -0.39 is 6.10 Å². The summed E-state index contributed by atoms with van der Waals surface area (Å²) in [6, 6.07) is 0. The molecule has 6 heteroatoms. The molecule has 0 aliphatic heterocycles. The SMILES string of the molecule is CCCCC/C=C\C/C=C\C/C=C\CCCCCCCCC(=O)OC[C@H](COC(=O)CCCCCCCCCCC/C=C\C/C=C\CCCCC)OC(=O)CCCCCCCCCCC/C=C\C/C=C\CCCCC. The van der Waals surface area contributed by atoms with Gasteiger partial charge in [-0.2, -0.15) is 0 Å². The van der Waals surface area contributed by atoms with E-state index in [0.717, 1.165) is 89.9 Å². The van der Waals surface area contributed by atoms with Gasteiger partial charge in [-0.3, -0.25) is 14.4 Å². The maximum Gasteiger partial charge on any atom is 0.306 e. The molecule has 0 saturated heterocycles. The summed E-state index contributed by atoms with van der Waals surface area (Å²) in [6.07, 6.45) is 82.8. The van der Waals surface area contributed by atoms with E-state index in [2.05, 4.69) is 106 Å². The van der Waals surface area contributed by atoms with Crippen LogP contribution in [0.1, 0.15) is 316 Å². The molecular formula is C69H120O6. The third kappa shape index (κ3) is 61.3. The molecule has 0 aromatic rings. The molecule has 0 amide bonds. The van der Waals surface area contributed by atoms with Crippen molar-refractivity contribution in [2.45, 2.75) is 322 Å². The van der Waals surface area contributed by atoms with Gasteiger partial charge in [-0.05, 0) is 122 Å². The third-order valence-electron chi connectivity index (χ3n) is 13.8. The molecule has 0 heterocycles. The van der Waals surface area contributed by atoms with Gasteiger partial charge in [0.05, 0.1) is 0 Å². The van der Waals surface area contributed by atoms with Crippen LogP contribution in [0.4, 0.5) is 0 Å². The van der Waals surface area contributed by atoms with Crippen molar-refractivity contribution in [3.63, 3.8) is 0 Å². The quantitative estimate of drug-likeness (QED) is 0.0261. The average Bonchev–Trinajstić information content (AvgIpc) is 3.41. The fraction of sp³-hybridized carbons (Fsp3) is 0.754. The summed E-state index contributed by atoms with van der Waals surface area (Å²) in [5.74, 6) is -0.893. The zero-order chi connectivity index (χ0) is 54.3. The summed E-state index contributed by atoms with van der Waals surface area (Å²) in [7, 11) is 0. The maximum absolute atomic E-state index is 12.9. The Kier molecular flexibility index (Phi) is 60.3. The number of hydrogen-bond donors (Lipinski definition) is 0. The van der Waals surface area contributed by atoms with E-state index in [1.54, 1.807) is 0 Å². The molecule has 0 spiro atoms. The molecule has 0 rings (SSSR count). The predicted molar refractivity (Wildman–Crippen MR) is 325 cm³/mol. The molecule has 75 heavy (non-hydrogen) atoms. The van der Waals surface area contributed by atoms with Crippen molar-refractivity contribution < 1.29 is 28.6 Å². The van der Waals surface area contributed by atoms with Crippen LogP contribution in [0.25, 0.3) is 0 Å². The smallest absolute Gasteiger partial charge is 0.306 e. The van der Waals surface area contributed by atoms with Crippen molar-refractivity contribution >= 4 is 17.9 Å². The Morgan fingerprint density at radius 2 is 0.480 bits per heavy atom. The minimum Gasteiger partial charge on any atom is -0.462 e. The summed E-state index contributed by atoms with van der Waals surface area (Å²) in [4.78, 5) is 38.4. The average molecular weight is 1050 g/mol. The Labute approximate surface area is 465 Å². The van der Waals surface area contributed by atoms with Crippen LogP contribution in [0.15, 0.2) is 85.1 Å². The van der Waals surface area contributed by atoms with Gasteiger partial charge in [-0.25, -0.2) is 0 Å². The zero-order valence-corrected chi connectivity index (χ0v) is 49.6. The second-order valence-electron chi connectivity index (χ2n) is 21.3. The summed E-state index contributed by atoms with van der Waals surface area (Å²) >= 11 is 0. The van der Waals surface area contributed by atoms with E-state index in [-0.39, 0.29) is 31.1 Å². The Balaban J connectivity index is 4.41. The number of allylic oxidation sites excluding steroid dienone is 14. The highest BCUT2D eigenvalue weighted by atomic mass is 16.6. The number of carbonyl (C=O) groups is 3. The number of rotatable bonds is 58. The van der Waals surface area contributed by atoms with Crippen LogP contribution >= 0.6 is 0 Å². The summed E-state index contributed by atoms with van der Waals surface area (Å²) < 4.78 is 16.9. The maximum atomic E-state index is 12.9. The van der Waals surface area contributed by atoms with E-state index in [1.807, 2.05) is 0 Å². The normalized spacial score (nSPS) is 12.6. The van der Waals surface area contributed by atoms with Gasteiger partial charge in [0, 0.05) is 19.3 Å². The van der Waals surface area contributed by atoms with E-state index in [9.17, 15) is 14.4 Å². The summed E-state index contributed by atoms with van der Waals surface area (Å²) in [5.41, 5.74) is 0. The molecule has 0 fully saturated rings. The molecule has 0 radical (unpaired) electrons. The lowest BCUT2D eigenvalue weighted by molar-refractivity contribution is -0.167. The number of hydrogen-bond acceptors (Lipinski definition) is 6. The van der Waals surface area contributed by atoms with Crippen LogP contribution in [0, 0.1) is 0 Å². The van der Waals surface area contributed by atoms with Gasteiger partial charge in [0.1, 0.15) is 13.2 Å². The van der Waals surface area contributed by atoms with Gasteiger partial charge in [-0.1, -0.05) is 260 Å². The van der Waals surface area contributed by atoms with Crippen molar-refractivity contribution in [1.82, 2.24) is 0 Å². The molecule has 0 aromatic carbocycles. The molecule has 0 aromatic heterocycles.